The SMILES string of the molecule is C=C(c1ccccc1)c1ccc(C)cc1C(=O)O. The van der Waals surface area contributed by atoms with Crippen LogP contribution >= 0.6 is 0 Å². The van der Waals surface area contributed by atoms with E-state index in [1.54, 1.807) is 6.07 Å². The molecule has 0 fully saturated rings. The number of aryl methyl sites for hydroxylation is 1. The molecular weight excluding hydrogens is 224 g/mol. The highest BCUT2D eigenvalue weighted by Crippen LogP contribution is 2.25. The van der Waals surface area contributed by atoms with E-state index in [-0.39, 0.29) is 0 Å². The molecule has 0 aliphatic rings. The molecule has 1 N–H and O–H groups in total. The average molecular weight is 238 g/mol. The Hall–Kier alpha value is -2.35. The van der Waals surface area contributed by atoms with Gasteiger partial charge in [-0.2, -0.15) is 0 Å². The van der Waals surface area contributed by atoms with Gasteiger partial charge in [-0.05, 0) is 29.7 Å². The summed E-state index contributed by atoms with van der Waals surface area (Å²) in [5.41, 5.74) is 3.55. The third kappa shape index (κ3) is 2.33. The molecule has 0 aliphatic heterocycles. The van der Waals surface area contributed by atoms with Crippen molar-refractivity contribution >= 4 is 11.5 Å². The molecule has 2 nitrogen and oxygen atoms in total. The molecule has 0 aliphatic carbocycles. The monoisotopic (exact) mass is 238 g/mol. The standard InChI is InChI=1S/C16H14O2/c1-11-8-9-14(15(10-11)16(17)18)12(2)13-6-4-3-5-7-13/h3-10H,2H2,1H3,(H,17,18). The Morgan fingerprint density at radius 1 is 1.06 bits per heavy atom. The van der Waals surface area contributed by atoms with Gasteiger partial charge in [0.25, 0.3) is 0 Å². The number of benzene rings is 2. The van der Waals surface area contributed by atoms with Gasteiger partial charge in [0.05, 0.1) is 5.56 Å². The van der Waals surface area contributed by atoms with Crippen molar-refractivity contribution in [2.75, 3.05) is 0 Å². The van der Waals surface area contributed by atoms with Crippen LogP contribution < -0.4 is 0 Å². The summed E-state index contributed by atoms with van der Waals surface area (Å²) in [5, 5.41) is 9.24. The number of carboxylic acids is 1. The normalized spacial score (nSPS) is 10.1. The number of hydrogen-bond donors (Lipinski definition) is 1. The van der Waals surface area contributed by atoms with Gasteiger partial charge in [-0.15, -0.1) is 0 Å². The molecule has 0 saturated heterocycles. The van der Waals surface area contributed by atoms with E-state index in [1.165, 1.54) is 0 Å². The van der Waals surface area contributed by atoms with E-state index < -0.39 is 5.97 Å². The maximum Gasteiger partial charge on any atom is 0.336 e. The van der Waals surface area contributed by atoms with Gasteiger partial charge in [0.1, 0.15) is 0 Å². The largest absolute Gasteiger partial charge is 0.478 e. The maximum atomic E-state index is 11.3. The van der Waals surface area contributed by atoms with Crippen molar-refractivity contribution in [1.82, 2.24) is 0 Å². The Balaban J connectivity index is 2.52. The Kier molecular flexibility index (Phi) is 3.28. The van der Waals surface area contributed by atoms with Gasteiger partial charge in [-0.1, -0.05) is 54.6 Å². The highest BCUT2D eigenvalue weighted by atomic mass is 16.4. The Labute approximate surface area is 106 Å². The lowest BCUT2D eigenvalue weighted by atomic mass is 9.94. The summed E-state index contributed by atoms with van der Waals surface area (Å²) in [6.07, 6.45) is 0. The molecule has 0 heterocycles. The van der Waals surface area contributed by atoms with Gasteiger partial charge in [-0.3, -0.25) is 0 Å². The van der Waals surface area contributed by atoms with Gasteiger partial charge in [0, 0.05) is 0 Å². The Morgan fingerprint density at radius 3 is 2.33 bits per heavy atom. The van der Waals surface area contributed by atoms with Crippen molar-refractivity contribution in [1.29, 1.82) is 0 Å². The molecule has 0 bridgehead atoms. The van der Waals surface area contributed by atoms with E-state index in [1.807, 2.05) is 49.4 Å². The molecule has 0 saturated carbocycles. The van der Waals surface area contributed by atoms with Crippen LogP contribution in [0.1, 0.15) is 27.0 Å². The maximum absolute atomic E-state index is 11.3. The zero-order valence-electron chi connectivity index (χ0n) is 10.2. The van der Waals surface area contributed by atoms with Crippen LogP contribution in [0.3, 0.4) is 0 Å². The van der Waals surface area contributed by atoms with Crippen molar-refractivity contribution in [3.63, 3.8) is 0 Å². The first-order valence-corrected chi connectivity index (χ1v) is 5.68. The molecular formula is C16H14O2. The lowest BCUT2D eigenvalue weighted by Gasteiger charge is -2.10. The highest BCUT2D eigenvalue weighted by molar-refractivity contribution is 5.96. The van der Waals surface area contributed by atoms with Crippen LogP contribution in [0.5, 0.6) is 0 Å². The topological polar surface area (TPSA) is 37.3 Å². The second-order valence-corrected chi connectivity index (χ2v) is 4.20. The van der Waals surface area contributed by atoms with Crippen LogP contribution in [0.4, 0.5) is 0 Å². The van der Waals surface area contributed by atoms with Crippen molar-refractivity contribution < 1.29 is 9.90 Å². The lowest BCUT2D eigenvalue weighted by molar-refractivity contribution is 0.0696. The number of aromatic carboxylic acids is 1. The van der Waals surface area contributed by atoms with Crippen LogP contribution in [0, 0.1) is 6.92 Å². The third-order valence-electron chi connectivity index (χ3n) is 2.85. The van der Waals surface area contributed by atoms with Crippen molar-refractivity contribution in [2.45, 2.75) is 6.92 Å². The van der Waals surface area contributed by atoms with E-state index in [4.69, 9.17) is 0 Å². The fourth-order valence-electron chi connectivity index (χ4n) is 1.89. The van der Waals surface area contributed by atoms with Crippen LogP contribution in [-0.2, 0) is 0 Å². The lowest BCUT2D eigenvalue weighted by Crippen LogP contribution is -2.02. The molecule has 2 aromatic rings. The molecule has 0 atom stereocenters. The van der Waals surface area contributed by atoms with Crippen molar-refractivity contribution in [3.05, 3.63) is 77.4 Å². The van der Waals surface area contributed by atoms with E-state index >= 15 is 0 Å². The van der Waals surface area contributed by atoms with Crippen LogP contribution in [-0.4, -0.2) is 11.1 Å². The predicted molar refractivity (Wildman–Crippen MR) is 72.7 cm³/mol. The summed E-state index contributed by atoms with van der Waals surface area (Å²) in [6, 6.07) is 15.0. The fraction of sp³-hybridized carbons (Fsp3) is 0.0625. The quantitative estimate of drug-likeness (QED) is 0.884. The third-order valence-corrected chi connectivity index (χ3v) is 2.85. The van der Waals surface area contributed by atoms with Gasteiger partial charge in [0.2, 0.25) is 0 Å². The summed E-state index contributed by atoms with van der Waals surface area (Å²) in [7, 11) is 0. The Morgan fingerprint density at radius 2 is 1.72 bits per heavy atom. The molecule has 2 rings (SSSR count). The zero-order valence-corrected chi connectivity index (χ0v) is 10.2. The van der Waals surface area contributed by atoms with Gasteiger partial charge in [0.15, 0.2) is 0 Å². The fourth-order valence-corrected chi connectivity index (χ4v) is 1.89. The minimum Gasteiger partial charge on any atom is -0.478 e. The van der Waals surface area contributed by atoms with E-state index in [0.717, 1.165) is 16.7 Å². The number of carboxylic acid groups (broad SMARTS) is 1. The summed E-state index contributed by atoms with van der Waals surface area (Å²) < 4.78 is 0. The molecule has 18 heavy (non-hydrogen) atoms. The minimum atomic E-state index is -0.925. The van der Waals surface area contributed by atoms with Crippen LogP contribution in [0.25, 0.3) is 5.57 Å². The molecule has 0 spiro atoms. The average Bonchev–Trinajstić information content (AvgIpc) is 2.39. The second-order valence-electron chi connectivity index (χ2n) is 4.20. The number of hydrogen-bond acceptors (Lipinski definition) is 1. The minimum absolute atomic E-state index is 0.295. The summed E-state index contributed by atoms with van der Waals surface area (Å²) in [5.74, 6) is -0.925. The molecule has 2 heteroatoms. The molecule has 90 valence electrons. The molecule has 0 aromatic heterocycles. The van der Waals surface area contributed by atoms with Gasteiger partial charge < -0.3 is 5.11 Å². The van der Waals surface area contributed by atoms with E-state index in [2.05, 4.69) is 6.58 Å². The van der Waals surface area contributed by atoms with Crippen LogP contribution in [0.15, 0.2) is 55.1 Å². The second kappa shape index (κ2) is 4.88. The first-order valence-electron chi connectivity index (χ1n) is 5.68. The van der Waals surface area contributed by atoms with Gasteiger partial charge in [-0.25, -0.2) is 4.79 Å². The van der Waals surface area contributed by atoms with E-state index in [9.17, 15) is 9.90 Å². The molecule has 2 aromatic carbocycles. The predicted octanol–water partition coefficient (Wildman–Crippen LogP) is 3.75. The summed E-state index contributed by atoms with van der Waals surface area (Å²) in [6.45, 7) is 5.88. The summed E-state index contributed by atoms with van der Waals surface area (Å²) in [4.78, 5) is 11.3. The van der Waals surface area contributed by atoms with E-state index in [0.29, 0.717) is 11.1 Å². The smallest absolute Gasteiger partial charge is 0.336 e. The number of rotatable bonds is 3. The molecule has 0 radical (unpaired) electrons. The van der Waals surface area contributed by atoms with Gasteiger partial charge >= 0.3 is 5.97 Å². The summed E-state index contributed by atoms with van der Waals surface area (Å²) >= 11 is 0. The Bertz CT molecular complexity index is 598. The van der Waals surface area contributed by atoms with Crippen molar-refractivity contribution in [2.24, 2.45) is 0 Å². The van der Waals surface area contributed by atoms with Crippen LogP contribution in [0.2, 0.25) is 0 Å². The highest BCUT2D eigenvalue weighted by Gasteiger charge is 2.13. The first kappa shape index (κ1) is 12.1. The molecule has 0 unspecified atom stereocenters. The molecule has 0 amide bonds. The number of carbonyl (C=O) groups is 1. The first-order chi connectivity index (χ1) is 8.59. The van der Waals surface area contributed by atoms with Crippen molar-refractivity contribution in [3.8, 4) is 0 Å². The zero-order chi connectivity index (χ0) is 13.1.